The summed E-state index contributed by atoms with van der Waals surface area (Å²) in [4.78, 5) is 2.70. The molecule has 4 unspecified atom stereocenters. The normalized spacial score (nSPS) is 42.2. The van der Waals surface area contributed by atoms with Gasteiger partial charge in [-0.1, -0.05) is 19.8 Å². The second-order valence-electron chi connectivity index (χ2n) is 6.06. The molecule has 0 spiro atoms. The van der Waals surface area contributed by atoms with Crippen LogP contribution in [0.1, 0.15) is 52.4 Å². The maximum absolute atomic E-state index is 6.25. The fourth-order valence-corrected chi connectivity index (χ4v) is 3.44. The zero-order chi connectivity index (χ0) is 11.5. The predicted molar refractivity (Wildman–Crippen MR) is 69.4 cm³/mol. The van der Waals surface area contributed by atoms with E-state index in [1.165, 1.54) is 51.6 Å². The smallest absolute Gasteiger partial charge is 0.00926 e. The lowest BCUT2D eigenvalue weighted by Crippen LogP contribution is -2.48. The molecule has 1 aliphatic heterocycles. The van der Waals surface area contributed by atoms with Gasteiger partial charge in [-0.15, -0.1) is 0 Å². The molecule has 2 fully saturated rings. The summed E-state index contributed by atoms with van der Waals surface area (Å²) >= 11 is 0. The third-order valence-electron chi connectivity index (χ3n) is 4.94. The third kappa shape index (κ3) is 2.78. The van der Waals surface area contributed by atoms with E-state index in [0.717, 1.165) is 17.9 Å². The molecule has 1 heterocycles. The van der Waals surface area contributed by atoms with Crippen molar-refractivity contribution in [3.63, 3.8) is 0 Å². The van der Waals surface area contributed by atoms with Crippen LogP contribution in [-0.4, -0.2) is 30.1 Å². The molecular weight excluding hydrogens is 196 g/mol. The van der Waals surface area contributed by atoms with E-state index in [9.17, 15) is 0 Å². The number of rotatable bonds is 2. The molecule has 0 amide bonds. The van der Waals surface area contributed by atoms with Crippen molar-refractivity contribution < 1.29 is 0 Å². The Morgan fingerprint density at radius 3 is 2.56 bits per heavy atom. The summed E-state index contributed by atoms with van der Waals surface area (Å²) in [6.07, 6.45) is 8.16. The van der Waals surface area contributed by atoms with Crippen molar-refractivity contribution in [2.45, 2.75) is 64.5 Å². The Balaban J connectivity index is 1.87. The van der Waals surface area contributed by atoms with E-state index in [0.29, 0.717) is 6.04 Å². The van der Waals surface area contributed by atoms with Crippen LogP contribution in [0.4, 0.5) is 0 Å². The van der Waals surface area contributed by atoms with Crippen LogP contribution in [0.3, 0.4) is 0 Å². The Morgan fingerprint density at radius 1 is 1.06 bits per heavy atom. The highest BCUT2D eigenvalue weighted by Crippen LogP contribution is 2.28. The average Bonchev–Trinajstić information content (AvgIpc) is 2.28. The van der Waals surface area contributed by atoms with Crippen LogP contribution in [0.2, 0.25) is 0 Å². The molecule has 2 rings (SSSR count). The molecule has 0 aromatic heterocycles. The van der Waals surface area contributed by atoms with Crippen LogP contribution in [0.15, 0.2) is 0 Å². The highest BCUT2D eigenvalue weighted by Gasteiger charge is 2.29. The summed E-state index contributed by atoms with van der Waals surface area (Å²) in [5, 5.41) is 0. The Kier molecular flexibility index (Phi) is 4.26. The van der Waals surface area contributed by atoms with Gasteiger partial charge in [0, 0.05) is 18.6 Å². The summed E-state index contributed by atoms with van der Waals surface area (Å²) in [5.74, 6) is 1.63. The van der Waals surface area contributed by atoms with E-state index in [1.807, 2.05) is 0 Å². The Morgan fingerprint density at radius 2 is 1.81 bits per heavy atom. The second-order valence-corrected chi connectivity index (χ2v) is 6.06. The number of piperidine rings is 1. The van der Waals surface area contributed by atoms with Crippen molar-refractivity contribution in [3.8, 4) is 0 Å². The number of nitrogens with two attached hydrogens (primary N) is 1. The standard InChI is InChI=1S/C14H28N2/c1-11-6-5-9-16(12(11)2)10-13-7-3-4-8-14(13)15/h11-14H,3-10,15H2,1-2H3. The van der Waals surface area contributed by atoms with Crippen molar-refractivity contribution in [1.82, 2.24) is 4.90 Å². The minimum atomic E-state index is 0.471. The lowest BCUT2D eigenvalue weighted by atomic mass is 9.83. The monoisotopic (exact) mass is 224 g/mol. The van der Waals surface area contributed by atoms with Gasteiger partial charge in [0.2, 0.25) is 0 Å². The van der Waals surface area contributed by atoms with E-state index in [4.69, 9.17) is 5.73 Å². The molecule has 0 aromatic rings. The Labute approximate surface area is 101 Å². The zero-order valence-electron chi connectivity index (χ0n) is 11.0. The molecule has 16 heavy (non-hydrogen) atoms. The SMILES string of the molecule is CC1CCCN(CC2CCCCC2N)C1C. The number of likely N-dealkylation sites (tertiary alicyclic amines) is 1. The minimum Gasteiger partial charge on any atom is -0.327 e. The minimum absolute atomic E-state index is 0.471. The van der Waals surface area contributed by atoms with Gasteiger partial charge in [0.1, 0.15) is 0 Å². The van der Waals surface area contributed by atoms with Crippen molar-refractivity contribution in [1.29, 1.82) is 0 Å². The fourth-order valence-electron chi connectivity index (χ4n) is 3.44. The lowest BCUT2D eigenvalue weighted by Gasteiger charge is -2.41. The van der Waals surface area contributed by atoms with Gasteiger partial charge in [0.05, 0.1) is 0 Å². The molecule has 2 nitrogen and oxygen atoms in total. The van der Waals surface area contributed by atoms with Crippen molar-refractivity contribution in [3.05, 3.63) is 0 Å². The van der Waals surface area contributed by atoms with E-state index in [1.54, 1.807) is 0 Å². The Bertz CT molecular complexity index is 217. The first-order valence-corrected chi connectivity index (χ1v) is 7.18. The molecule has 1 saturated heterocycles. The van der Waals surface area contributed by atoms with Crippen LogP contribution in [0, 0.1) is 11.8 Å². The highest BCUT2D eigenvalue weighted by molar-refractivity contribution is 4.85. The van der Waals surface area contributed by atoms with E-state index < -0.39 is 0 Å². The molecule has 2 heteroatoms. The second kappa shape index (κ2) is 5.50. The summed E-state index contributed by atoms with van der Waals surface area (Å²) in [5.41, 5.74) is 6.25. The molecular formula is C14H28N2. The average molecular weight is 224 g/mol. The first kappa shape index (κ1) is 12.4. The zero-order valence-corrected chi connectivity index (χ0v) is 11.0. The number of hydrogen-bond donors (Lipinski definition) is 1. The molecule has 0 radical (unpaired) electrons. The van der Waals surface area contributed by atoms with Gasteiger partial charge in [-0.05, 0) is 51.0 Å². The third-order valence-corrected chi connectivity index (χ3v) is 4.94. The summed E-state index contributed by atoms with van der Waals surface area (Å²) in [6, 6.07) is 1.24. The van der Waals surface area contributed by atoms with Crippen LogP contribution in [0.25, 0.3) is 0 Å². The molecule has 1 saturated carbocycles. The molecule has 1 aliphatic carbocycles. The first-order chi connectivity index (χ1) is 7.68. The fraction of sp³-hybridized carbons (Fsp3) is 1.00. The molecule has 94 valence electrons. The van der Waals surface area contributed by atoms with Crippen LogP contribution >= 0.6 is 0 Å². The van der Waals surface area contributed by atoms with Crippen LogP contribution in [0.5, 0.6) is 0 Å². The molecule has 2 aliphatic rings. The molecule has 0 aromatic carbocycles. The molecule has 4 atom stereocenters. The van der Waals surface area contributed by atoms with Crippen molar-refractivity contribution in [2.75, 3.05) is 13.1 Å². The van der Waals surface area contributed by atoms with Crippen molar-refractivity contribution in [2.24, 2.45) is 17.6 Å². The quantitative estimate of drug-likeness (QED) is 0.781. The number of nitrogens with zero attached hydrogens (tertiary/aromatic N) is 1. The summed E-state index contributed by atoms with van der Waals surface area (Å²) in [7, 11) is 0. The van der Waals surface area contributed by atoms with E-state index >= 15 is 0 Å². The van der Waals surface area contributed by atoms with E-state index in [-0.39, 0.29) is 0 Å². The van der Waals surface area contributed by atoms with Crippen molar-refractivity contribution >= 4 is 0 Å². The lowest BCUT2D eigenvalue weighted by molar-refractivity contribution is 0.0814. The Hall–Kier alpha value is -0.0800. The van der Waals surface area contributed by atoms with Gasteiger partial charge in [0.25, 0.3) is 0 Å². The van der Waals surface area contributed by atoms with Gasteiger partial charge in [-0.2, -0.15) is 0 Å². The van der Waals surface area contributed by atoms with Gasteiger partial charge in [0.15, 0.2) is 0 Å². The molecule has 2 N–H and O–H groups in total. The highest BCUT2D eigenvalue weighted by atomic mass is 15.2. The topological polar surface area (TPSA) is 29.3 Å². The van der Waals surface area contributed by atoms with E-state index in [2.05, 4.69) is 18.7 Å². The summed E-state index contributed by atoms with van der Waals surface area (Å²) in [6.45, 7) is 7.36. The number of hydrogen-bond acceptors (Lipinski definition) is 2. The van der Waals surface area contributed by atoms with Crippen LogP contribution < -0.4 is 5.73 Å². The predicted octanol–water partition coefficient (Wildman–Crippen LogP) is 2.62. The largest absolute Gasteiger partial charge is 0.327 e. The maximum atomic E-state index is 6.25. The van der Waals surface area contributed by atoms with Gasteiger partial charge < -0.3 is 10.6 Å². The van der Waals surface area contributed by atoms with Gasteiger partial charge >= 0.3 is 0 Å². The maximum Gasteiger partial charge on any atom is 0.00926 e. The van der Waals surface area contributed by atoms with Gasteiger partial charge in [-0.25, -0.2) is 0 Å². The first-order valence-electron chi connectivity index (χ1n) is 7.18. The molecule has 0 bridgehead atoms. The summed E-state index contributed by atoms with van der Waals surface area (Å²) < 4.78 is 0. The van der Waals surface area contributed by atoms with Gasteiger partial charge in [-0.3, -0.25) is 0 Å². The van der Waals surface area contributed by atoms with Crippen LogP contribution in [-0.2, 0) is 0 Å².